The van der Waals surface area contributed by atoms with Crippen LogP contribution >= 0.6 is 0 Å². The first-order chi connectivity index (χ1) is 20.2. The second-order valence-electron chi connectivity index (χ2n) is 9.74. The molecule has 0 aliphatic carbocycles. The summed E-state index contributed by atoms with van der Waals surface area (Å²) in [5, 5.41) is 3.42. The maximum atomic E-state index is 5.10. The van der Waals surface area contributed by atoms with Crippen LogP contribution in [0.2, 0.25) is 0 Å². The first kappa shape index (κ1) is 21.8. The molecule has 0 amide bonds. The molecule has 2 aliphatic heterocycles. The lowest BCUT2D eigenvalue weighted by Crippen LogP contribution is -2.30. The second-order valence-corrected chi connectivity index (χ2v) is 9.74. The third-order valence-electron chi connectivity index (χ3n) is 7.46. The fraction of sp³-hybridized carbons (Fsp3) is 0.0345. The normalized spacial score (nSPS) is 12.0. The Morgan fingerprint density at radius 3 is 1.66 bits per heavy atom. The fourth-order valence-electron chi connectivity index (χ4n) is 5.51. The summed E-state index contributed by atoms with van der Waals surface area (Å²) in [4.78, 5) is 49.2. The molecule has 9 heterocycles. The molecule has 192 valence electrons. The molecule has 0 spiro atoms. The van der Waals surface area contributed by atoms with Crippen molar-refractivity contribution in [3.8, 4) is 45.6 Å². The Morgan fingerprint density at radius 2 is 0.951 bits per heavy atom. The average Bonchev–Trinajstić information content (AvgIpc) is 3.72. The topological polar surface area (TPSA) is 151 Å². The molecular weight excluding hydrogens is 516 g/mol. The monoisotopic (exact) mass is 533 g/mol. The highest BCUT2D eigenvalue weighted by Crippen LogP contribution is 2.35. The van der Waals surface area contributed by atoms with Gasteiger partial charge in [0.25, 0.3) is 11.6 Å². The Bertz CT molecular complexity index is 2240. The van der Waals surface area contributed by atoms with Gasteiger partial charge in [0.1, 0.15) is 11.3 Å². The lowest BCUT2D eigenvalue weighted by molar-refractivity contribution is -0.650. The number of fused-ring (bicyclic) bond motifs is 20. The van der Waals surface area contributed by atoms with Gasteiger partial charge in [0.15, 0.2) is 11.6 Å². The van der Waals surface area contributed by atoms with Crippen molar-refractivity contribution >= 4 is 44.1 Å². The molecular formula is C29H17N12+. The van der Waals surface area contributed by atoms with Crippen molar-refractivity contribution in [2.75, 3.05) is 0 Å². The van der Waals surface area contributed by atoms with Crippen molar-refractivity contribution in [1.82, 2.24) is 54.8 Å². The number of H-pyrrole nitrogens is 2. The number of nitrogens with one attached hydrogen (secondary N) is 2. The molecule has 12 nitrogen and oxygen atoms in total. The summed E-state index contributed by atoms with van der Waals surface area (Å²) in [5.41, 5.74) is 5.89. The number of rotatable bonds is 0. The maximum Gasteiger partial charge on any atom is 0.274 e. The number of hydrogen-bond acceptors (Lipinski definition) is 9. The van der Waals surface area contributed by atoms with Gasteiger partial charge >= 0.3 is 0 Å². The van der Waals surface area contributed by atoms with Crippen LogP contribution in [0.5, 0.6) is 0 Å². The van der Waals surface area contributed by atoms with E-state index in [2.05, 4.69) is 29.9 Å². The minimum atomic E-state index is 0.502. The summed E-state index contributed by atoms with van der Waals surface area (Å²) in [5.74, 6) is 2.44. The molecule has 0 atom stereocenters. The summed E-state index contributed by atoms with van der Waals surface area (Å²) in [6.45, 7) is 0. The van der Waals surface area contributed by atoms with Crippen LogP contribution < -0.4 is 4.57 Å². The van der Waals surface area contributed by atoms with Crippen molar-refractivity contribution < 1.29 is 4.57 Å². The Labute approximate surface area is 230 Å². The average molecular weight is 534 g/mol. The van der Waals surface area contributed by atoms with Crippen molar-refractivity contribution in [1.29, 1.82) is 0 Å². The molecule has 0 saturated heterocycles. The molecule has 2 N–H and O–H groups in total. The maximum absolute atomic E-state index is 5.10. The Hall–Kier alpha value is -6.04. The van der Waals surface area contributed by atoms with Gasteiger partial charge < -0.3 is 9.97 Å². The fourth-order valence-corrected chi connectivity index (χ4v) is 5.51. The Morgan fingerprint density at radius 1 is 0.463 bits per heavy atom. The number of hydrogen-bond donors (Lipinski definition) is 2. The van der Waals surface area contributed by atoms with Gasteiger partial charge in [-0.25, -0.2) is 19.5 Å². The quantitative estimate of drug-likeness (QED) is 0.277. The molecule has 2 aliphatic rings. The second kappa shape index (κ2) is 7.99. The van der Waals surface area contributed by atoms with Crippen LogP contribution in [0, 0.1) is 0 Å². The van der Waals surface area contributed by atoms with E-state index in [-0.39, 0.29) is 0 Å². The van der Waals surface area contributed by atoms with E-state index < -0.39 is 0 Å². The summed E-state index contributed by atoms with van der Waals surface area (Å²) < 4.78 is 1.97. The number of aromatic nitrogens is 12. The van der Waals surface area contributed by atoms with Crippen LogP contribution in [0.25, 0.3) is 89.7 Å². The molecule has 9 rings (SSSR count). The van der Waals surface area contributed by atoms with Gasteiger partial charge in [0.2, 0.25) is 11.3 Å². The molecule has 0 saturated carbocycles. The summed E-state index contributed by atoms with van der Waals surface area (Å²) in [6, 6.07) is 7.68. The minimum Gasteiger partial charge on any atom is -0.310 e. The number of pyridine rings is 4. The van der Waals surface area contributed by atoms with Crippen LogP contribution in [0.15, 0.2) is 73.8 Å². The van der Waals surface area contributed by atoms with E-state index in [1.807, 2.05) is 42.1 Å². The zero-order valence-corrected chi connectivity index (χ0v) is 21.4. The van der Waals surface area contributed by atoms with E-state index in [0.717, 1.165) is 49.6 Å². The molecule has 8 bridgehead atoms. The minimum absolute atomic E-state index is 0.502. The SMILES string of the molecule is C[n+]1c2nc3[nH]c(nc4nc(nc5[nH]c(nc1-c1ccncc1-2)c1cnccc51)-c1cnccc1-4)c1cnccc31. The molecule has 0 fully saturated rings. The van der Waals surface area contributed by atoms with E-state index in [1.54, 1.807) is 43.4 Å². The smallest absolute Gasteiger partial charge is 0.274 e. The van der Waals surface area contributed by atoms with Gasteiger partial charge in [-0.3, -0.25) is 19.9 Å². The molecule has 41 heavy (non-hydrogen) atoms. The van der Waals surface area contributed by atoms with Gasteiger partial charge in [-0.05, 0) is 24.3 Å². The zero-order valence-electron chi connectivity index (χ0n) is 21.4. The van der Waals surface area contributed by atoms with E-state index >= 15 is 0 Å². The van der Waals surface area contributed by atoms with Crippen LogP contribution in [-0.2, 0) is 7.05 Å². The third-order valence-corrected chi connectivity index (χ3v) is 7.46. The van der Waals surface area contributed by atoms with E-state index in [4.69, 9.17) is 24.9 Å². The van der Waals surface area contributed by atoms with Gasteiger partial charge in [-0.1, -0.05) is 9.97 Å². The molecule has 0 aromatic carbocycles. The standard InChI is InChI=1S/C29H16N12/c1-41-28-17-5-9-33-13-21(17)29(41)39-24-16-4-8-31-11-19(16)26(38-24)35-22-14-2-6-30-10-18(14)25(34-22)36-23-15-3-7-32-12-20(15)27(37-23)40-28/h2-13H,1H3,(H,30,31,32,33,34,35,36,37,38,39,40)/p+1. The van der Waals surface area contributed by atoms with Gasteiger partial charge in [0, 0.05) is 76.9 Å². The summed E-state index contributed by atoms with van der Waals surface area (Å²) in [7, 11) is 1.95. The van der Waals surface area contributed by atoms with Crippen molar-refractivity contribution in [3.63, 3.8) is 0 Å². The molecule has 0 radical (unpaired) electrons. The molecule has 7 aromatic rings. The zero-order chi connectivity index (χ0) is 27.1. The van der Waals surface area contributed by atoms with Gasteiger partial charge in [-0.15, -0.1) is 0 Å². The highest BCUT2D eigenvalue weighted by molar-refractivity contribution is 6.05. The van der Waals surface area contributed by atoms with E-state index in [1.165, 1.54) is 0 Å². The molecule has 7 aromatic heterocycles. The van der Waals surface area contributed by atoms with Gasteiger partial charge in [-0.2, -0.15) is 0 Å². The van der Waals surface area contributed by atoms with Crippen LogP contribution in [0.1, 0.15) is 0 Å². The highest BCUT2D eigenvalue weighted by Gasteiger charge is 2.29. The van der Waals surface area contributed by atoms with E-state index in [9.17, 15) is 0 Å². The van der Waals surface area contributed by atoms with Crippen LogP contribution in [-0.4, -0.2) is 54.8 Å². The molecule has 12 heteroatoms. The summed E-state index contributed by atoms with van der Waals surface area (Å²) >= 11 is 0. The third kappa shape index (κ3) is 3.09. The summed E-state index contributed by atoms with van der Waals surface area (Å²) in [6.07, 6.45) is 14.1. The Balaban J connectivity index is 1.53. The predicted octanol–water partition coefficient (Wildman–Crippen LogP) is 3.88. The van der Waals surface area contributed by atoms with Crippen LogP contribution in [0.3, 0.4) is 0 Å². The lowest BCUT2D eigenvalue weighted by Gasteiger charge is -1.95. The molecule has 0 unspecified atom stereocenters. The first-order valence-corrected chi connectivity index (χ1v) is 12.8. The number of nitrogens with zero attached hydrogens (tertiary/aromatic N) is 10. The van der Waals surface area contributed by atoms with Crippen molar-refractivity contribution in [2.45, 2.75) is 0 Å². The largest absolute Gasteiger partial charge is 0.310 e. The lowest BCUT2D eigenvalue weighted by atomic mass is 10.1. The van der Waals surface area contributed by atoms with Crippen molar-refractivity contribution in [3.05, 3.63) is 73.8 Å². The van der Waals surface area contributed by atoms with Crippen molar-refractivity contribution in [2.24, 2.45) is 7.05 Å². The number of aromatic amines is 2. The predicted molar refractivity (Wildman–Crippen MR) is 151 cm³/mol. The van der Waals surface area contributed by atoms with Gasteiger partial charge in [0.05, 0.1) is 23.6 Å². The van der Waals surface area contributed by atoms with Crippen LogP contribution in [0.4, 0.5) is 0 Å². The Kier molecular flexibility index (Phi) is 4.26. The van der Waals surface area contributed by atoms with E-state index in [0.29, 0.717) is 40.1 Å². The highest BCUT2D eigenvalue weighted by atomic mass is 15.1. The first-order valence-electron chi connectivity index (χ1n) is 12.8.